The van der Waals surface area contributed by atoms with Crippen LogP contribution in [0.5, 0.6) is 0 Å². The van der Waals surface area contributed by atoms with Crippen LogP contribution in [0.15, 0.2) is 21.4 Å². The summed E-state index contributed by atoms with van der Waals surface area (Å²) in [5, 5.41) is 0.735. The van der Waals surface area contributed by atoms with Crippen LogP contribution in [0, 0.1) is 3.57 Å². The second-order valence-corrected chi connectivity index (χ2v) is 7.64. The lowest BCUT2D eigenvalue weighted by Crippen LogP contribution is -2.34. The lowest BCUT2D eigenvalue weighted by atomic mass is 9.67. The molecule has 1 aliphatic heterocycles. The number of nitrogens with zero attached hydrogens (tertiary/aromatic N) is 2. The molecule has 0 unspecified atom stereocenters. The van der Waals surface area contributed by atoms with Gasteiger partial charge in [0.1, 0.15) is 5.82 Å². The van der Waals surface area contributed by atoms with E-state index in [-0.39, 0.29) is 11.0 Å². The van der Waals surface area contributed by atoms with Crippen molar-refractivity contribution in [3.63, 3.8) is 0 Å². The number of fused-ring (bicyclic) bond motifs is 3. The van der Waals surface area contributed by atoms with Gasteiger partial charge in [-0.25, -0.2) is 4.98 Å². The fraction of sp³-hybridized carbons (Fsp3) is 0.429. The van der Waals surface area contributed by atoms with E-state index in [1.807, 2.05) is 16.7 Å². The predicted molar refractivity (Wildman–Crippen MR) is 86.6 cm³/mol. The summed E-state index contributed by atoms with van der Waals surface area (Å²) in [7, 11) is 0. The van der Waals surface area contributed by atoms with Gasteiger partial charge in [0, 0.05) is 20.0 Å². The summed E-state index contributed by atoms with van der Waals surface area (Å²) >= 11 is 5.73. The minimum absolute atomic E-state index is 0.128. The molecule has 1 fully saturated rings. The van der Waals surface area contributed by atoms with E-state index >= 15 is 0 Å². The van der Waals surface area contributed by atoms with Gasteiger partial charge in [-0.05, 0) is 54.0 Å². The zero-order chi connectivity index (χ0) is 13.2. The molecule has 1 spiro atoms. The number of aromatic nitrogens is 2. The molecule has 1 aromatic carbocycles. The van der Waals surface area contributed by atoms with Crippen molar-refractivity contribution in [1.29, 1.82) is 0 Å². The Kier molecular flexibility index (Phi) is 2.62. The van der Waals surface area contributed by atoms with Crippen LogP contribution < -0.4 is 5.56 Å². The SMILES string of the molecule is O=c1c2cc(Br)cc(I)c2nc2n1CCC21CCC1. The minimum Gasteiger partial charge on any atom is -0.296 e. The third-order valence-corrected chi connectivity index (χ3v) is 5.86. The zero-order valence-corrected chi connectivity index (χ0v) is 14.0. The van der Waals surface area contributed by atoms with Crippen LogP contribution in [0.4, 0.5) is 0 Å². The highest BCUT2D eigenvalue weighted by Crippen LogP contribution is 2.49. The van der Waals surface area contributed by atoms with Crippen molar-refractivity contribution in [3.8, 4) is 0 Å². The normalized spacial score (nSPS) is 19.7. The highest BCUT2D eigenvalue weighted by molar-refractivity contribution is 14.1. The van der Waals surface area contributed by atoms with Crippen LogP contribution in [0.2, 0.25) is 0 Å². The molecule has 5 heteroatoms. The van der Waals surface area contributed by atoms with E-state index in [4.69, 9.17) is 4.98 Å². The number of halogens is 2. The first-order chi connectivity index (χ1) is 9.11. The van der Waals surface area contributed by atoms with Crippen molar-refractivity contribution in [2.75, 3.05) is 0 Å². The first kappa shape index (κ1) is 12.3. The molecule has 0 amide bonds. The first-order valence-corrected chi connectivity index (χ1v) is 8.38. The van der Waals surface area contributed by atoms with E-state index in [0.717, 1.165) is 37.7 Å². The molecule has 2 heterocycles. The molecule has 2 aromatic rings. The second-order valence-electron chi connectivity index (χ2n) is 5.56. The van der Waals surface area contributed by atoms with Crippen LogP contribution in [-0.4, -0.2) is 9.55 Å². The Hall–Kier alpha value is -0.430. The molecule has 0 saturated heterocycles. The van der Waals surface area contributed by atoms with E-state index in [1.54, 1.807) is 0 Å². The molecule has 98 valence electrons. The van der Waals surface area contributed by atoms with Gasteiger partial charge in [0.05, 0.1) is 10.9 Å². The topological polar surface area (TPSA) is 34.9 Å². The van der Waals surface area contributed by atoms with Gasteiger partial charge in [-0.1, -0.05) is 22.4 Å². The summed E-state index contributed by atoms with van der Waals surface area (Å²) in [5.41, 5.74) is 1.21. The smallest absolute Gasteiger partial charge is 0.261 e. The predicted octanol–water partition coefficient (Wildman–Crippen LogP) is 3.59. The number of benzene rings is 1. The van der Waals surface area contributed by atoms with Crippen LogP contribution >= 0.6 is 38.5 Å². The van der Waals surface area contributed by atoms with Gasteiger partial charge < -0.3 is 0 Å². The Morgan fingerprint density at radius 1 is 1.32 bits per heavy atom. The number of hydrogen-bond donors (Lipinski definition) is 0. The van der Waals surface area contributed by atoms with Gasteiger partial charge in [0.25, 0.3) is 5.56 Å². The summed E-state index contributed by atoms with van der Waals surface area (Å²) in [6.07, 6.45) is 4.74. The van der Waals surface area contributed by atoms with Crippen LogP contribution in [-0.2, 0) is 12.0 Å². The molecule has 0 atom stereocenters. The Morgan fingerprint density at radius 3 is 2.79 bits per heavy atom. The molecule has 0 N–H and O–H groups in total. The Balaban J connectivity index is 2.11. The average Bonchev–Trinajstić information content (AvgIpc) is 2.70. The molecule has 1 aromatic heterocycles. The van der Waals surface area contributed by atoms with Crippen LogP contribution in [0.25, 0.3) is 10.9 Å². The summed E-state index contributed by atoms with van der Waals surface area (Å²) in [6, 6.07) is 3.92. The highest BCUT2D eigenvalue weighted by Gasteiger charge is 2.46. The molecule has 0 radical (unpaired) electrons. The maximum absolute atomic E-state index is 12.7. The molecular weight excluding hydrogens is 419 g/mol. The summed E-state index contributed by atoms with van der Waals surface area (Å²) in [5.74, 6) is 1.04. The van der Waals surface area contributed by atoms with E-state index in [9.17, 15) is 4.79 Å². The van der Waals surface area contributed by atoms with Gasteiger partial charge in [-0.15, -0.1) is 0 Å². The third kappa shape index (κ3) is 1.60. The fourth-order valence-electron chi connectivity index (χ4n) is 3.38. The van der Waals surface area contributed by atoms with Crippen LogP contribution in [0.3, 0.4) is 0 Å². The van der Waals surface area contributed by atoms with Crippen molar-refractivity contribution < 1.29 is 0 Å². The zero-order valence-electron chi connectivity index (χ0n) is 10.2. The molecule has 3 nitrogen and oxygen atoms in total. The lowest BCUT2D eigenvalue weighted by Gasteiger charge is -2.37. The van der Waals surface area contributed by atoms with Crippen molar-refractivity contribution in [2.45, 2.75) is 37.6 Å². The quantitative estimate of drug-likeness (QED) is 0.598. The standard InChI is InChI=1S/C14H12BrIN2O/c15-8-6-9-11(10(16)7-8)17-13-14(2-1-3-14)4-5-18(13)12(9)19/h6-7H,1-5H2. The van der Waals surface area contributed by atoms with E-state index in [0.29, 0.717) is 0 Å². The number of rotatable bonds is 0. The maximum Gasteiger partial charge on any atom is 0.261 e. The maximum atomic E-state index is 12.7. The average molecular weight is 431 g/mol. The Bertz CT molecular complexity index is 764. The molecule has 2 aliphatic rings. The second kappa shape index (κ2) is 4.04. The fourth-order valence-corrected chi connectivity index (χ4v) is 5.01. The molecule has 1 saturated carbocycles. The lowest BCUT2D eigenvalue weighted by molar-refractivity contribution is 0.238. The molecule has 0 bridgehead atoms. The Morgan fingerprint density at radius 2 is 2.11 bits per heavy atom. The number of hydrogen-bond acceptors (Lipinski definition) is 2. The minimum atomic E-state index is 0.128. The summed E-state index contributed by atoms with van der Waals surface area (Å²) in [4.78, 5) is 17.5. The third-order valence-electron chi connectivity index (χ3n) is 4.58. The van der Waals surface area contributed by atoms with Gasteiger partial charge in [-0.3, -0.25) is 9.36 Å². The van der Waals surface area contributed by atoms with E-state index < -0.39 is 0 Å². The van der Waals surface area contributed by atoms with E-state index in [2.05, 4.69) is 38.5 Å². The molecule has 19 heavy (non-hydrogen) atoms. The van der Waals surface area contributed by atoms with Crippen LogP contribution in [0.1, 0.15) is 31.5 Å². The van der Waals surface area contributed by atoms with Crippen molar-refractivity contribution in [1.82, 2.24) is 9.55 Å². The van der Waals surface area contributed by atoms with E-state index in [1.165, 1.54) is 19.3 Å². The largest absolute Gasteiger partial charge is 0.296 e. The van der Waals surface area contributed by atoms with Gasteiger partial charge in [0.2, 0.25) is 0 Å². The monoisotopic (exact) mass is 430 g/mol. The first-order valence-electron chi connectivity index (χ1n) is 6.51. The van der Waals surface area contributed by atoms with Crippen molar-refractivity contribution in [2.24, 2.45) is 0 Å². The molecule has 1 aliphatic carbocycles. The summed E-state index contributed by atoms with van der Waals surface area (Å²) in [6.45, 7) is 0.834. The molecule has 4 rings (SSSR count). The van der Waals surface area contributed by atoms with Gasteiger partial charge in [-0.2, -0.15) is 0 Å². The highest BCUT2D eigenvalue weighted by atomic mass is 127. The van der Waals surface area contributed by atoms with Crippen molar-refractivity contribution >= 4 is 49.4 Å². The van der Waals surface area contributed by atoms with Gasteiger partial charge >= 0.3 is 0 Å². The van der Waals surface area contributed by atoms with Gasteiger partial charge in [0.15, 0.2) is 0 Å². The molecular formula is C14H12BrIN2O. The Labute approximate surface area is 132 Å². The summed E-state index contributed by atoms with van der Waals surface area (Å²) < 4.78 is 3.90. The van der Waals surface area contributed by atoms with Crippen molar-refractivity contribution in [3.05, 3.63) is 36.4 Å².